The van der Waals surface area contributed by atoms with E-state index in [4.69, 9.17) is 4.98 Å². The van der Waals surface area contributed by atoms with Crippen molar-refractivity contribution in [3.8, 4) is 10.6 Å². The number of thiazole rings is 1. The maximum absolute atomic E-state index is 5.86. The Morgan fingerprint density at radius 3 is 1.37 bits per heavy atom. The van der Waals surface area contributed by atoms with E-state index in [1.807, 2.05) is 11.3 Å². The van der Waals surface area contributed by atoms with Gasteiger partial charge in [0, 0.05) is 51.1 Å². The highest BCUT2D eigenvalue weighted by Gasteiger charge is 2.47. The minimum atomic E-state index is -0.161. The Bertz CT molecular complexity index is 3190. The number of para-hydroxylation sites is 2. The summed E-state index contributed by atoms with van der Waals surface area (Å²) in [5.74, 6) is 0. The van der Waals surface area contributed by atoms with Crippen LogP contribution in [0.15, 0.2) is 158 Å². The van der Waals surface area contributed by atoms with Gasteiger partial charge < -0.3 is 14.7 Å². The summed E-state index contributed by atoms with van der Waals surface area (Å²) in [7, 11) is 0. The summed E-state index contributed by atoms with van der Waals surface area (Å²) >= 11 is 1.83. The largest absolute Gasteiger partial charge is 0.311 e. The zero-order chi connectivity index (χ0) is 50.6. The van der Waals surface area contributed by atoms with Gasteiger partial charge in [0.05, 0.1) is 5.59 Å². The molecule has 8 aromatic rings. The van der Waals surface area contributed by atoms with Gasteiger partial charge in [-0.3, -0.25) is 0 Å². The first kappa shape index (κ1) is 48.3. The first-order valence-electron chi connectivity index (χ1n) is 25.6. The van der Waals surface area contributed by atoms with Crippen molar-refractivity contribution >= 4 is 85.1 Å². The Morgan fingerprint density at radius 2 is 0.873 bits per heavy atom. The van der Waals surface area contributed by atoms with Crippen LogP contribution in [0.4, 0.5) is 50.5 Å². The summed E-state index contributed by atoms with van der Waals surface area (Å²) in [6.45, 7) is 34.7. The third-order valence-corrected chi connectivity index (χ3v) is 15.7. The fourth-order valence-electron chi connectivity index (χ4n) is 10.3. The number of fused-ring (bicyclic) bond motifs is 4. The smallest absolute Gasteiger partial charge is 0.276 e. The molecule has 360 valence electrons. The third kappa shape index (κ3) is 8.92. The van der Waals surface area contributed by atoms with Crippen LogP contribution in [0.25, 0.3) is 10.6 Å². The van der Waals surface area contributed by atoms with Gasteiger partial charge in [0.1, 0.15) is 10.0 Å². The minimum absolute atomic E-state index is 0.00752. The van der Waals surface area contributed by atoms with E-state index in [0.29, 0.717) is 0 Å². The van der Waals surface area contributed by atoms with Crippen molar-refractivity contribution in [3.05, 3.63) is 186 Å². The highest BCUT2D eigenvalue weighted by Crippen LogP contribution is 2.50. The maximum atomic E-state index is 5.86. The van der Waals surface area contributed by atoms with E-state index in [1.165, 1.54) is 60.8 Å². The van der Waals surface area contributed by atoms with Crippen LogP contribution < -0.4 is 31.2 Å². The Kier molecular flexibility index (Phi) is 11.7. The van der Waals surface area contributed by atoms with E-state index in [2.05, 4.69) is 276 Å². The molecule has 0 saturated heterocycles. The van der Waals surface area contributed by atoms with Crippen molar-refractivity contribution in [3.63, 3.8) is 0 Å². The van der Waals surface area contributed by atoms with E-state index in [-0.39, 0.29) is 33.8 Å². The molecule has 0 unspecified atom stereocenters. The van der Waals surface area contributed by atoms with Gasteiger partial charge in [-0.15, -0.1) is 0 Å². The Balaban J connectivity index is 1.31. The number of hydrogen-bond acceptors (Lipinski definition) is 5. The quantitative estimate of drug-likeness (QED) is 0.155. The van der Waals surface area contributed by atoms with Crippen LogP contribution in [-0.2, 0) is 27.1 Å². The molecule has 4 nitrogen and oxygen atoms in total. The molecule has 7 aromatic carbocycles. The molecule has 1 aromatic heterocycles. The molecule has 2 aliphatic rings. The van der Waals surface area contributed by atoms with Gasteiger partial charge in [0.2, 0.25) is 0 Å². The fourth-order valence-corrected chi connectivity index (χ4v) is 11.4. The van der Waals surface area contributed by atoms with Crippen LogP contribution in [0, 0.1) is 0 Å². The lowest BCUT2D eigenvalue weighted by Gasteiger charge is -2.44. The van der Waals surface area contributed by atoms with Gasteiger partial charge >= 0.3 is 0 Å². The lowest BCUT2D eigenvalue weighted by molar-refractivity contribution is 0.569. The molecule has 0 spiro atoms. The molecule has 6 heteroatoms. The van der Waals surface area contributed by atoms with Crippen LogP contribution in [0.5, 0.6) is 0 Å². The molecule has 0 N–H and O–H groups in total. The van der Waals surface area contributed by atoms with E-state index in [1.54, 1.807) is 0 Å². The maximum Gasteiger partial charge on any atom is 0.276 e. The summed E-state index contributed by atoms with van der Waals surface area (Å²) < 4.78 is 0. The molecule has 0 aliphatic carbocycles. The van der Waals surface area contributed by atoms with Gasteiger partial charge in [-0.25, -0.2) is 4.98 Å². The van der Waals surface area contributed by atoms with Gasteiger partial charge in [-0.1, -0.05) is 200 Å². The molecular formula is C65H71BN4S. The van der Waals surface area contributed by atoms with Gasteiger partial charge in [0.15, 0.2) is 0 Å². The Morgan fingerprint density at radius 1 is 0.408 bits per heavy atom. The molecule has 0 bridgehead atoms. The van der Waals surface area contributed by atoms with E-state index < -0.39 is 0 Å². The van der Waals surface area contributed by atoms with Gasteiger partial charge in [-0.05, 0) is 139 Å². The predicted molar refractivity (Wildman–Crippen MR) is 310 cm³/mol. The normalized spacial score (nSPS) is 13.8. The van der Waals surface area contributed by atoms with Crippen molar-refractivity contribution in [2.45, 2.75) is 131 Å². The molecule has 71 heavy (non-hydrogen) atoms. The van der Waals surface area contributed by atoms with Crippen LogP contribution in [0.3, 0.4) is 0 Å². The van der Waals surface area contributed by atoms with E-state index in [9.17, 15) is 0 Å². The molecule has 0 radical (unpaired) electrons. The molecular weight excluding hydrogens is 880 g/mol. The number of aromatic nitrogens is 1. The third-order valence-electron chi connectivity index (χ3n) is 14.6. The zero-order valence-electron chi connectivity index (χ0n) is 44.8. The lowest BCUT2D eigenvalue weighted by Crippen LogP contribution is -2.61. The SMILES string of the molecule is CC(C)(C)c1ccc(-c2nc3c(s2)N(c2cc(C(C)(C)C)cc(C(C)(C)C)c2)c2cc(C(C)(C)C)cc4c2B3c2ccc(N(c3ccccc3)c3ccccc3)cc2N4c2ccc(C(C)(C)C)cc2)cc1. The summed E-state index contributed by atoms with van der Waals surface area (Å²) in [4.78, 5) is 13.4. The fraction of sp³-hybridized carbons (Fsp3) is 0.308. The number of rotatable bonds is 6. The molecule has 10 rings (SSSR count). The highest BCUT2D eigenvalue weighted by atomic mass is 32.1. The van der Waals surface area contributed by atoms with Crippen LogP contribution in [0.1, 0.15) is 132 Å². The standard InChI is InChI=1S/C65H71BN4S/c1-61(2,3)43-28-26-42(27-29-43)59-67-58-60(71-59)70(52-37-45(63(7,8)9)36-46(38-52)64(10,11)12)56-40-47(65(13,14)15)39-55-57(56)66(58)53-35-34-51(68(48-22-18-16-19-23-48)49-24-20-17-21-25-49)41-54(53)69(55)50-32-30-44(31-33-50)62(4,5)6/h16-41H,1-15H3. The summed E-state index contributed by atoms with van der Waals surface area (Å²) in [5, 5.41) is 2.21. The summed E-state index contributed by atoms with van der Waals surface area (Å²) in [6.07, 6.45) is 0. The second kappa shape index (κ2) is 17.2. The van der Waals surface area contributed by atoms with Gasteiger partial charge in [0.25, 0.3) is 6.71 Å². The minimum Gasteiger partial charge on any atom is -0.311 e. The molecule has 0 fully saturated rings. The average Bonchev–Trinajstić information content (AvgIpc) is 3.76. The van der Waals surface area contributed by atoms with Crippen molar-refractivity contribution < 1.29 is 0 Å². The zero-order valence-corrected chi connectivity index (χ0v) is 45.6. The number of benzene rings is 7. The van der Waals surface area contributed by atoms with Crippen molar-refractivity contribution in [2.24, 2.45) is 0 Å². The monoisotopic (exact) mass is 951 g/mol. The second-order valence-electron chi connectivity index (χ2n) is 25.1. The topological polar surface area (TPSA) is 22.6 Å². The highest BCUT2D eigenvalue weighted by molar-refractivity contribution is 7.22. The van der Waals surface area contributed by atoms with Crippen molar-refractivity contribution in [1.82, 2.24) is 4.98 Å². The summed E-state index contributed by atoms with van der Waals surface area (Å²) in [5.41, 5.74) is 20.3. The first-order valence-corrected chi connectivity index (χ1v) is 26.4. The molecule has 2 aliphatic heterocycles. The summed E-state index contributed by atoms with van der Waals surface area (Å²) in [6, 6.07) is 59.6. The van der Waals surface area contributed by atoms with E-state index in [0.717, 1.165) is 44.6 Å². The second-order valence-corrected chi connectivity index (χ2v) is 26.1. The van der Waals surface area contributed by atoms with Gasteiger partial charge in [-0.2, -0.15) is 0 Å². The Hall–Kier alpha value is -6.37. The lowest BCUT2D eigenvalue weighted by atomic mass is 9.35. The Labute approximate surface area is 429 Å². The molecule has 0 atom stereocenters. The molecule has 0 amide bonds. The predicted octanol–water partition coefficient (Wildman–Crippen LogP) is 16.8. The van der Waals surface area contributed by atoms with Crippen LogP contribution in [0.2, 0.25) is 0 Å². The van der Waals surface area contributed by atoms with Crippen molar-refractivity contribution in [1.29, 1.82) is 0 Å². The average molecular weight is 951 g/mol. The van der Waals surface area contributed by atoms with Crippen molar-refractivity contribution in [2.75, 3.05) is 14.7 Å². The molecule has 0 saturated carbocycles. The number of anilines is 9. The van der Waals surface area contributed by atoms with Crippen LogP contribution in [-0.4, -0.2) is 11.7 Å². The molecule has 3 heterocycles. The first-order chi connectivity index (χ1) is 33.4. The van der Waals surface area contributed by atoms with E-state index >= 15 is 0 Å². The number of hydrogen-bond donors (Lipinski definition) is 0. The number of nitrogens with zero attached hydrogens (tertiary/aromatic N) is 4. The van der Waals surface area contributed by atoms with Crippen LogP contribution >= 0.6 is 11.3 Å².